The third-order valence-electron chi connectivity index (χ3n) is 14.8. The van der Waals surface area contributed by atoms with Crippen molar-refractivity contribution in [3.63, 3.8) is 0 Å². The van der Waals surface area contributed by atoms with Crippen LogP contribution in [0.2, 0.25) is 0 Å². The van der Waals surface area contributed by atoms with E-state index in [4.69, 9.17) is 18.9 Å². The number of aromatic nitrogens is 6. The van der Waals surface area contributed by atoms with Crippen LogP contribution in [-0.2, 0) is 70.1 Å². The van der Waals surface area contributed by atoms with E-state index in [1.54, 1.807) is 70.2 Å². The summed E-state index contributed by atoms with van der Waals surface area (Å²) in [5.41, 5.74) is 6.23. The van der Waals surface area contributed by atoms with Crippen molar-refractivity contribution in [1.82, 2.24) is 62.5 Å². The number of allylic oxidation sites excluding steroid dienone is 2. The number of alkyl carbamates (subject to hydrolysis) is 2. The van der Waals surface area contributed by atoms with Gasteiger partial charge in [0.15, 0.2) is 11.6 Å². The number of carbonyl (C=O) groups excluding carboxylic acids is 10. The van der Waals surface area contributed by atoms with Crippen molar-refractivity contribution in [2.24, 2.45) is 11.8 Å². The second-order valence-corrected chi connectivity index (χ2v) is 25.8. The number of ketones is 2. The van der Waals surface area contributed by atoms with E-state index in [0.717, 1.165) is 80.3 Å². The summed E-state index contributed by atoms with van der Waals surface area (Å²) in [6.07, 6.45) is 14.4. The van der Waals surface area contributed by atoms with Gasteiger partial charge in [-0.25, -0.2) is 4.79 Å². The van der Waals surface area contributed by atoms with Gasteiger partial charge in [-0.15, -0.1) is 0 Å². The Kier molecular flexibility index (Phi) is 38.0. The first kappa shape index (κ1) is 79.1. The monoisotopic (exact) mass is 1700 g/mol. The van der Waals surface area contributed by atoms with Crippen LogP contribution in [-0.4, -0.2) is 155 Å². The predicted molar refractivity (Wildman–Crippen MR) is 340 cm³/mol. The van der Waals surface area contributed by atoms with E-state index < -0.39 is 47.8 Å². The first-order valence-electron chi connectivity index (χ1n) is 32.0. The molecule has 2 unspecified atom stereocenters. The van der Waals surface area contributed by atoms with Gasteiger partial charge in [0.25, 0.3) is 0 Å². The van der Waals surface area contributed by atoms with E-state index in [1.807, 2.05) is 31.2 Å². The Morgan fingerprint density at radius 1 is 0.511 bits per heavy atom. The number of hydrogen-bond donors (Lipinski definition) is 6. The van der Waals surface area contributed by atoms with Crippen LogP contribution in [0, 0.1) is 75.1 Å². The van der Waals surface area contributed by atoms with Gasteiger partial charge in [0.05, 0.1) is 26.3 Å². The minimum atomic E-state index is -0.681. The van der Waals surface area contributed by atoms with Gasteiger partial charge in [-0.2, -0.15) is 0 Å². The Balaban J connectivity index is 0.000000340. The summed E-state index contributed by atoms with van der Waals surface area (Å²) < 4.78 is 23.4. The summed E-state index contributed by atoms with van der Waals surface area (Å²) in [5, 5.41) is 40.1. The van der Waals surface area contributed by atoms with Gasteiger partial charge >= 0.3 is 271 Å². The molecule has 0 bridgehead atoms. The van der Waals surface area contributed by atoms with E-state index in [2.05, 4.69) is 98.9 Å². The van der Waals surface area contributed by atoms with Crippen molar-refractivity contribution in [3.8, 4) is 22.6 Å². The number of amides is 6. The maximum atomic E-state index is 12.7. The predicted octanol–water partition coefficient (Wildman–Crippen LogP) is 5.13. The number of rotatable bonds is 30. The summed E-state index contributed by atoms with van der Waals surface area (Å²) in [4.78, 5) is 120. The van der Waals surface area contributed by atoms with Crippen LogP contribution in [0.25, 0.3) is 22.6 Å². The zero-order chi connectivity index (χ0) is 68.6. The third kappa shape index (κ3) is 32.7. The number of fused-ring (bicyclic) bond motifs is 1. The van der Waals surface area contributed by atoms with Gasteiger partial charge in [0.2, 0.25) is 23.6 Å². The summed E-state index contributed by atoms with van der Waals surface area (Å²) in [5.74, 6) is -3.37. The molecule has 2 aromatic carbocycles. The third-order valence-corrected chi connectivity index (χ3v) is 16.8. The Hall–Kier alpha value is -7.33. The number of unbranched alkanes of at least 4 members (excludes halogenated alkanes) is 2. The first-order valence-corrected chi connectivity index (χ1v) is 34.9. The van der Waals surface area contributed by atoms with Crippen molar-refractivity contribution < 1.29 is 116 Å². The molecule has 6 N–H and O–H groups in total. The summed E-state index contributed by atoms with van der Waals surface area (Å²) in [7, 11) is 0. The number of Topliss-reactive ketones (excluding diaryl/α,β-unsaturated/α-hetero) is 2. The molecule has 26 nitrogen and oxygen atoms in total. The molecule has 2 heterocycles. The quantitative estimate of drug-likeness (QED) is 0.0170. The normalized spacial score (nSPS) is 15.1. The van der Waals surface area contributed by atoms with Crippen LogP contribution in [0.4, 0.5) is 9.59 Å². The van der Waals surface area contributed by atoms with Crippen LogP contribution in [0.5, 0.6) is 0 Å². The number of carbonyl (C=O) groups is 10. The van der Waals surface area contributed by atoms with Crippen LogP contribution in [0.3, 0.4) is 0 Å². The van der Waals surface area contributed by atoms with Crippen molar-refractivity contribution in [1.29, 1.82) is 0 Å². The molecule has 512 valence electrons. The van der Waals surface area contributed by atoms with E-state index in [9.17, 15) is 47.9 Å². The van der Waals surface area contributed by atoms with Gasteiger partial charge in [-0.1, -0.05) is 25.0 Å². The van der Waals surface area contributed by atoms with E-state index in [0.29, 0.717) is 69.7 Å². The topological polar surface area (TPSA) is 357 Å². The van der Waals surface area contributed by atoms with Gasteiger partial charge in [-0.05, 0) is 71.6 Å². The van der Waals surface area contributed by atoms with Gasteiger partial charge in [0.1, 0.15) is 19.2 Å². The molecule has 4 atom stereocenters. The maximum absolute atomic E-state index is 12.7. The molecule has 94 heavy (non-hydrogen) atoms. The van der Waals surface area contributed by atoms with Crippen molar-refractivity contribution in [3.05, 3.63) is 83.3 Å². The number of hydrogen-bond acceptors (Lipinski definition) is 20. The van der Waals surface area contributed by atoms with E-state index in [1.165, 1.54) is 31.5 Å². The van der Waals surface area contributed by atoms with Crippen molar-refractivity contribution >= 4 is 65.9 Å². The fraction of sp³-hybridized carbons (Fsp3) is 0.545. The molecule has 28 heteroatoms. The molecule has 0 aliphatic heterocycles. The van der Waals surface area contributed by atoms with Gasteiger partial charge in [0, 0.05) is 51.6 Å². The molecular weight excluding hydrogens is 1610 g/mol. The zero-order valence-electron chi connectivity index (χ0n) is 54.6. The van der Waals surface area contributed by atoms with Gasteiger partial charge in [-0.3, -0.25) is 38.4 Å². The Bertz CT molecular complexity index is 3080. The molecular formula is C66H90At2N12O14. The molecule has 4 aromatic rings. The molecule has 2 aliphatic rings. The Labute approximate surface area is 580 Å². The SMILES string of the molecule is CCOC(=O)CNC(=O)[C@H](CCCCNC(=O)OC1CC/C=C/CCC1)CC(=O)CNC(C)=O.CCOC(=O)CNC(=O)[C@H](CCCCNC(=O)OC1CCCc2c(C)nnc(-c3ccc([211At])cc3)c2CC1)CC(=O)CNC(C)=O.Cc1nnc(-c2ccc([211At])cc2)nn1. The molecule has 2 aliphatic carbocycles. The standard InChI is InChI=1S/C33H44AtN5O7.C24H39N3O7.C9H7AtN4/c1-4-45-30(42)20-37-32(43)24(18-26(41)19-36-22(3)40)8-5-6-17-35-33(44)46-27-9-7-10-28-21(2)38-39-31(29(28)16-15-27)23-11-13-25(34)14-12-23;1-3-33-22(30)17-27-23(31)19(15-20(29)16-26-18(2)28)11-9-10-14-25-24(32)34-21-12-7-5-4-6-8-13-21;1-6-11-13-9(14-12-6)7-2-4-8(10)5-3-7/h11-14,24,27H,4-10,15-20H2,1-3H3,(H,35,44)(H,36,40)(H,37,43);4-5,19,21H,3,6-17H2,1-2H3,(H,25,32)(H,26,28)(H,27,31);2-5H,1H3/b;5-4+;/t24-,27?;19-,21?;/m11./s1/i34+1;;10+1. The molecule has 0 spiro atoms. The summed E-state index contributed by atoms with van der Waals surface area (Å²) >= 11 is 3.27. The molecule has 0 saturated heterocycles. The fourth-order valence-electron chi connectivity index (χ4n) is 9.98. The Morgan fingerprint density at radius 2 is 0.989 bits per heavy atom. The second-order valence-electron chi connectivity index (χ2n) is 22.4. The molecule has 6 rings (SSSR count). The first-order chi connectivity index (χ1) is 45.1. The second kappa shape index (κ2) is 45.1. The number of benzene rings is 2. The minimum absolute atomic E-state index is 0.0550. The molecule has 0 radical (unpaired) electrons. The molecule has 6 amide bonds. The van der Waals surface area contributed by atoms with Crippen molar-refractivity contribution in [2.75, 3.05) is 52.5 Å². The van der Waals surface area contributed by atoms with Crippen molar-refractivity contribution in [2.45, 2.75) is 169 Å². The summed E-state index contributed by atoms with van der Waals surface area (Å²) in [6, 6.07) is 16.4. The van der Waals surface area contributed by atoms with E-state index >= 15 is 0 Å². The van der Waals surface area contributed by atoms with Crippen LogP contribution >= 0.6 is 0 Å². The molecule has 0 fully saturated rings. The molecule has 2 aromatic heterocycles. The number of esters is 2. The number of nitrogens with zero attached hydrogens (tertiary/aromatic N) is 6. The number of ether oxygens (including phenoxy) is 4. The van der Waals surface area contributed by atoms with Crippen LogP contribution < -0.4 is 38.4 Å². The van der Waals surface area contributed by atoms with Crippen LogP contribution in [0.15, 0.2) is 60.7 Å². The number of aryl methyl sites for hydroxylation is 2. The fourth-order valence-corrected chi connectivity index (χ4v) is 11.0. The number of nitrogens with one attached hydrogen (secondary N) is 6. The summed E-state index contributed by atoms with van der Waals surface area (Å²) in [6.45, 7) is 9.98. The zero-order valence-corrected chi connectivity index (χ0v) is 60.5. The van der Waals surface area contributed by atoms with Gasteiger partial charge < -0.3 is 40.8 Å². The van der Waals surface area contributed by atoms with Crippen LogP contribution in [0.1, 0.15) is 153 Å². The average molecular weight is 1700 g/mol. The van der Waals surface area contributed by atoms with E-state index in [-0.39, 0.29) is 87.8 Å². The Morgan fingerprint density at radius 3 is 1.49 bits per heavy atom. The average Bonchev–Trinajstić information content (AvgIpc) is 0.802. The molecule has 0 saturated carbocycles.